The Labute approximate surface area is 166 Å². The van der Waals surface area contributed by atoms with E-state index in [4.69, 9.17) is 0 Å². The summed E-state index contributed by atoms with van der Waals surface area (Å²) in [7, 11) is 0. The van der Waals surface area contributed by atoms with Crippen molar-refractivity contribution in [1.82, 2.24) is 10.3 Å². The van der Waals surface area contributed by atoms with E-state index < -0.39 is 4.87 Å². The van der Waals surface area contributed by atoms with Crippen LogP contribution in [0.15, 0.2) is 59.7 Å². The van der Waals surface area contributed by atoms with Crippen LogP contribution in [0.1, 0.15) is 25.0 Å². The van der Waals surface area contributed by atoms with Gasteiger partial charge in [0, 0.05) is 19.4 Å². The molecule has 7 nitrogen and oxygen atoms in total. The average Bonchev–Trinajstić information content (AvgIpc) is 3.15. The number of carbonyl (C=O) groups excluding carboxylic acids is 3. The Hall–Kier alpha value is -3.13. The van der Waals surface area contributed by atoms with Gasteiger partial charge in [-0.1, -0.05) is 48.5 Å². The molecule has 2 aliphatic heterocycles. The molecule has 2 aromatic rings. The van der Waals surface area contributed by atoms with Gasteiger partial charge in [0.05, 0.1) is 12.2 Å². The smallest absolute Gasteiger partial charge is 0.271 e. The van der Waals surface area contributed by atoms with Crippen LogP contribution in [0.25, 0.3) is 0 Å². The third kappa shape index (κ3) is 2.77. The molecule has 8 heteroatoms. The highest BCUT2D eigenvalue weighted by molar-refractivity contribution is 8.15. The van der Waals surface area contributed by atoms with Gasteiger partial charge in [-0.2, -0.15) is 5.01 Å². The number of rotatable bonds is 2. The van der Waals surface area contributed by atoms with Crippen molar-refractivity contribution in [2.24, 2.45) is 5.10 Å². The predicted molar refractivity (Wildman–Crippen MR) is 107 cm³/mol. The van der Waals surface area contributed by atoms with E-state index in [0.717, 1.165) is 23.0 Å². The number of amidine groups is 1. The summed E-state index contributed by atoms with van der Waals surface area (Å²) in [5.41, 5.74) is 2.39. The summed E-state index contributed by atoms with van der Waals surface area (Å²) in [4.78, 5) is 37.9. The lowest BCUT2D eigenvalue weighted by molar-refractivity contribution is -0.139. The Kier molecular flexibility index (Phi) is 4.43. The molecule has 28 heavy (non-hydrogen) atoms. The molecule has 142 valence electrons. The van der Waals surface area contributed by atoms with Crippen LogP contribution < -0.4 is 10.2 Å². The number of nitrogens with zero attached hydrogens (tertiary/aromatic N) is 3. The minimum atomic E-state index is -1.35. The van der Waals surface area contributed by atoms with Crippen LogP contribution in [0.3, 0.4) is 0 Å². The Morgan fingerprint density at radius 3 is 2.43 bits per heavy atom. The number of amides is 3. The van der Waals surface area contributed by atoms with Crippen LogP contribution in [0.4, 0.5) is 5.69 Å². The highest BCUT2D eigenvalue weighted by atomic mass is 32.2. The van der Waals surface area contributed by atoms with Crippen LogP contribution in [0.5, 0.6) is 0 Å². The van der Waals surface area contributed by atoms with Gasteiger partial charge in [0.15, 0.2) is 5.17 Å². The zero-order chi connectivity index (χ0) is 19.9. The van der Waals surface area contributed by atoms with Crippen LogP contribution in [0, 0.1) is 0 Å². The number of thioether (sulfide) groups is 1. The first-order valence-electron chi connectivity index (χ1n) is 8.75. The molecule has 1 unspecified atom stereocenters. The van der Waals surface area contributed by atoms with Gasteiger partial charge in [-0.25, -0.2) is 0 Å². The van der Waals surface area contributed by atoms with Crippen molar-refractivity contribution in [3.8, 4) is 0 Å². The topological polar surface area (TPSA) is 82.1 Å². The van der Waals surface area contributed by atoms with E-state index in [-0.39, 0.29) is 22.9 Å². The highest BCUT2D eigenvalue weighted by Gasteiger charge is 2.61. The lowest BCUT2D eigenvalue weighted by Crippen LogP contribution is -2.48. The van der Waals surface area contributed by atoms with E-state index in [9.17, 15) is 14.4 Å². The van der Waals surface area contributed by atoms with Gasteiger partial charge < -0.3 is 10.2 Å². The minimum absolute atomic E-state index is 0.229. The molecule has 0 saturated heterocycles. The molecule has 1 atom stereocenters. The molecule has 0 fully saturated rings. The zero-order valence-electron chi connectivity index (χ0n) is 15.4. The zero-order valence-corrected chi connectivity index (χ0v) is 16.2. The summed E-state index contributed by atoms with van der Waals surface area (Å²) in [5.74, 6) is -0.953. The SMILES string of the molecule is CC(=O)NC1=NN(C(C)=O)C2(S1)C(=O)N(Cc1ccccc1)c1ccccc12. The van der Waals surface area contributed by atoms with Crippen molar-refractivity contribution in [1.29, 1.82) is 0 Å². The van der Waals surface area contributed by atoms with Crippen molar-refractivity contribution >= 4 is 40.3 Å². The fraction of sp³-hybridized carbons (Fsp3) is 0.200. The third-order valence-electron chi connectivity index (χ3n) is 4.59. The molecule has 0 aliphatic carbocycles. The maximum atomic E-state index is 13.7. The van der Waals surface area contributed by atoms with Gasteiger partial charge in [0.1, 0.15) is 0 Å². The number of hydrogen-bond donors (Lipinski definition) is 1. The van der Waals surface area contributed by atoms with Crippen molar-refractivity contribution in [2.45, 2.75) is 25.3 Å². The second-order valence-electron chi connectivity index (χ2n) is 6.56. The molecule has 4 rings (SSSR count). The first kappa shape index (κ1) is 18.2. The molecule has 3 amide bonds. The number of benzene rings is 2. The summed E-state index contributed by atoms with van der Waals surface area (Å²) < 4.78 is 0. The predicted octanol–water partition coefficient (Wildman–Crippen LogP) is 2.39. The molecule has 0 bridgehead atoms. The standard InChI is InChI=1S/C20H18N4O3S/c1-13(25)21-19-22-24(14(2)26)20(28-19)16-10-6-7-11-17(16)23(18(20)27)12-15-8-4-3-5-9-15/h3-11H,12H2,1-2H3,(H,21,22,25). The van der Waals surface area contributed by atoms with E-state index in [2.05, 4.69) is 10.4 Å². The fourth-order valence-electron chi connectivity index (χ4n) is 3.49. The molecular weight excluding hydrogens is 376 g/mol. The van der Waals surface area contributed by atoms with E-state index in [1.807, 2.05) is 54.6 Å². The van der Waals surface area contributed by atoms with Gasteiger partial charge in [-0.15, -0.1) is 5.10 Å². The van der Waals surface area contributed by atoms with Crippen molar-refractivity contribution < 1.29 is 14.4 Å². The van der Waals surface area contributed by atoms with E-state index in [0.29, 0.717) is 12.1 Å². The molecule has 0 radical (unpaired) electrons. The summed E-state index contributed by atoms with van der Waals surface area (Å²) >= 11 is 1.08. The largest absolute Gasteiger partial charge is 0.304 e. The molecule has 1 N–H and O–H groups in total. The minimum Gasteiger partial charge on any atom is -0.304 e. The number of anilines is 1. The number of para-hydroxylation sites is 1. The van der Waals surface area contributed by atoms with Crippen LogP contribution in [0.2, 0.25) is 0 Å². The third-order valence-corrected chi connectivity index (χ3v) is 5.83. The molecule has 0 saturated carbocycles. The molecular formula is C20H18N4O3S. The van der Waals surface area contributed by atoms with E-state index >= 15 is 0 Å². The van der Waals surface area contributed by atoms with Crippen LogP contribution >= 0.6 is 11.8 Å². The molecule has 2 aromatic carbocycles. The fourth-order valence-corrected chi connectivity index (χ4v) is 4.82. The number of fused-ring (bicyclic) bond motifs is 2. The highest BCUT2D eigenvalue weighted by Crippen LogP contribution is 2.54. The van der Waals surface area contributed by atoms with Crippen molar-refractivity contribution in [3.63, 3.8) is 0 Å². The Balaban J connectivity index is 1.80. The lowest BCUT2D eigenvalue weighted by atomic mass is 10.1. The number of hydrazone groups is 1. The van der Waals surface area contributed by atoms with Crippen LogP contribution in [-0.2, 0) is 25.8 Å². The Bertz CT molecular complexity index is 1010. The Morgan fingerprint density at radius 2 is 1.75 bits per heavy atom. The van der Waals surface area contributed by atoms with E-state index in [1.54, 1.807) is 4.90 Å². The quantitative estimate of drug-likeness (QED) is 0.848. The molecule has 0 aromatic heterocycles. The first-order chi connectivity index (χ1) is 13.4. The summed E-state index contributed by atoms with van der Waals surface area (Å²) in [5, 5.41) is 8.25. The first-order valence-corrected chi connectivity index (χ1v) is 9.56. The molecule has 2 aliphatic rings. The van der Waals surface area contributed by atoms with Crippen molar-refractivity contribution in [3.05, 3.63) is 65.7 Å². The maximum absolute atomic E-state index is 13.7. The number of nitrogens with one attached hydrogen (secondary N) is 1. The molecule has 1 spiro atoms. The van der Waals surface area contributed by atoms with Gasteiger partial charge in [-0.05, 0) is 23.4 Å². The second-order valence-corrected chi connectivity index (χ2v) is 7.74. The van der Waals surface area contributed by atoms with Gasteiger partial charge in [0.2, 0.25) is 16.7 Å². The van der Waals surface area contributed by atoms with Gasteiger partial charge in [-0.3, -0.25) is 14.4 Å². The Morgan fingerprint density at radius 1 is 1.07 bits per heavy atom. The monoisotopic (exact) mass is 394 g/mol. The average molecular weight is 394 g/mol. The second kappa shape index (κ2) is 6.79. The normalized spacial score (nSPS) is 20.4. The molecule has 2 heterocycles. The number of hydrogen-bond acceptors (Lipinski definition) is 5. The number of carbonyl (C=O) groups is 3. The van der Waals surface area contributed by atoms with Crippen LogP contribution in [-0.4, -0.2) is 27.9 Å². The van der Waals surface area contributed by atoms with Crippen molar-refractivity contribution in [2.75, 3.05) is 4.90 Å². The summed E-state index contributed by atoms with van der Waals surface area (Å²) in [6, 6.07) is 17.0. The van der Waals surface area contributed by atoms with Gasteiger partial charge >= 0.3 is 0 Å². The maximum Gasteiger partial charge on any atom is 0.271 e. The van der Waals surface area contributed by atoms with Gasteiger partial charge in [0.25, 0.3) is 5.91 Å². The van der Waals surface area contributed by atoms with E-state index in [1.165, 1.54) is 18.9 Å². The lowest BCUT2D eigenvalue weighted by Gasteiger charge is -2.29. The summed E-state index contributed by atoms with van der Waals surface area (Å²) in [6.07, 6.45) is 0. The summed E-state index contributed by atoms with van der Waals surface area (Å²) in [6.45, 7) is 3.09.